The summed E-state index contributed by atoms with van der Waals surface area (Å²) in [7, 11) is 0. The van der Waals surface area contributed by atoms with Crippen molar-refractivity contribution in [1.82, 2.24) is 0 Å². The van der Waals surface area contributed by atoms with Crippen LogP contribution in [0.5, 0.6) is 0 Å². The van der Waals surface area contributed by atoms with E-state index in [0.29, 0.717) is 23.8 Å². The number of aromatic carboxylic acids is 1. The maximum absolute atomic E-state index is 11.3. The highest BCUT2D eigenvalue weighted by Gasteiger charge is 2.24. The lowest BCUT2D eigenvalue weighted by atomic mass is 10.1. The summed E-state index contributed by atoms with van der Waals surface area (Å²) in [6.07, 6.45) is 0. The summed E-state index contributed by atoms with van der Waals surface area (Å²) < 4.78 is 0. The van der Waals surface area contributed by atoms with Gasteiger partial charge in [0.15, 0.2) is 0 Å². The van der Waals surface area contributed by atoms with Gasteiger partial charge in [0, 0.05) is 13.1 Å². The van der Waals surface area contributed by atoms with Crippen LogP contribution in [0.1, 0.15) is 21.5 Å². The SMILES string of the molecule is O=C(O)c1cccc(Cl)c1N1Cc2ccccc2C1. The lowest BCUT2D eigenvalue weighted by Gasteiger charge is -2.21. The first-order valence-corrected chi connectivity index (χ1v) is 6.38. The van der Waals surface area contributed by atoms with Gasteiger partial charge in [0.2, 0.25) is 0 Å². The molecule has 1 N–H and O–H groups in total. The maximum Gasteiger partial charge on any atom is 0.337 e. The van der Waals surface area contributed by atoms with Crippen LogP contribution in [0.3, 0.4) is 0 Å². The van der Waals surface area contributed by atoms with Gasteiger partial charge in [-0.15, -0.1) is 0 Å². The summed E-state index contributed by atoms with van der Waals surface area (Å²) in [5.41, 5.74) is 3.30. The van der Waals surface area contributed by atoms with Crippen molar-refractivity contribution >= 4 is 23.3 Å². The lowest BCUT2D eigenvalue weighted by molar-refractivity contribution is 0.0697. The van der Waals surface area contributed by atoms with Crippen molar-refractivity contribution in [2.24, 2.45) is 0 Å². The molecule has 3 rings (SSSR count). The van der Waals surface area contributed by atoms with E-state index in [1.54, 1.807) is 18.2 Å². The zero-order chi connectivity index (χ0) is 13.4. The standard InChI is InChI=1S/C15H12ClNO2/c16-13-7-3-6-12(15(18)19)14(13)17-8-10-4-1-2-5-11(10)9-17/h1-7H,8-9H2,(H,18,19). The highest BCUT2D eigenvalue weighted by Crippen LogP contribution is 2.35. The van der Waals surface area contributed by atoms with E-state index in [0.717, 1.165) is 0 Å². The molecule has 0 fully saturated rings. The van der Waals surface area contributed by atoms with Gasteiger partial charge in [0.1, 0.15) is 0 Å². The number of carboxylic acid groups (broad SMARTS) is 1. The minimum atomic E-state index is -0.951. The molecule has 0 atom stereocenters. The van der Waals surface area contributed by atoms with Crippen molar-refractivity contribution in [3.63, 3.8) is 0 Å². The van der Waals surface area contributed by atoms with Gasteiger partial charge in [-0.25, -0.2) is 4.79 Å². The molecular formula is C15H12ClNO2. The molecule has 1 aliphatic rings. The van der Waals surface area contributed by atoms with Crippen molar-refractivity contribution in [3.05, 3.63) is 64.2 Å². The Morgan fingerprint density at radius 3 is 2.26 bits per heavy atom. The molecule has 0 aliphatic carbocycles. The van der Waals surface area contributed by atoms with Crippen LogP contribution in [0.2, 0.25) is 5.02 Å². The third-order valence-corrected chi connectivity index (χ3v) is 3.68. The summed E-state index contributed by atoms with van der Waals surface area (Å²) >= 11 is 6.19. The second kappa shape index (κ2) is 4.59. The number of benzene rings is 2. The molecule has 0 saturated carbocycles. The number of carbonyl (C=O) groups is 1. The Morgan fingerprint density at radius 2 is 1.68 bits per heavy atom. The predicted molar refractivity (Wildman–Crippen MR) is 74.7 cm³/mol. The summed E-state index contributed by atoms with van der Waals surface area (Å²) in [5, 5.41) is 9.76. The average Bonchev–Trinajstić information content (AvgIpc) is 2.81. The van der Waals surface area contributed by atoms with Gasteiger partial charge in [-0.1, -0.05) is 41.9 Å². The molecule has 3 nitrogen and oxygen atoms in total. The van der Waals surface area contributed by atoms with Crippen molar-refractivity contribution in [1.29, 1.82) is 0 Å². The van der Waals surface area contributed by atoms with Crippen LogP contribution < -0.4 is 4.90 Å². The van der Waals surface area contributed by atoms with Gasteiger partial charge in [0.05, 0.1) is 16.3 Å². The third kappa shape index (κ3) is 2.06. The van der Waals surface area contributed by atoms with Crippen molar-refractivity contribution in [2.75, 3.05) is 4.90 Å². The minimum Gasteiger partial charge on any atom is -0.478 e. The Bertz CT molecular complexity index is 629. The van der Waals surface area contributed by atoms with Crippen LogP contribution >= 0.6 is 11.6 Å². The summed E-state index contributed by atoms with van der Waals surface area (Å²) in [6.45, 7) is 1.39. The zero-order valence-corrected chi connectivity index (χ0v) is 10.9. The maximum atomic E-state index is 11.3. The number of hydrogen-bond donors (Lipinski definition) is 1. The number of rotatable bonds is 2. The molecule has 4 heteroatoms. The molecule has 2 aromatic rings. The van der Waals surface area contributed by atoms with Gasteiger partial charge in [0.25, 0.3) is 0 Å². The van der Waals surface area contributed by atoms with Gasteiger partial charge in [-0.05, 0) is 23.3 Å². The molecule has 0 amide bonds. The summed E-state index contributed by atoms with van der Waals surface area (Å²) in [5.74, 6) is -0.951. The molecule has 0 spiro atoms. The van der Waals surface area contributed by atoms with E-state index in [2.05, 4.69) is 12.1 Å². The molecule has 0 bridgehead atoms. The van der Waals surface area contributed by atoms with Crippen LogP contribution in [0, 0.1) is 0 Å². The van der Waals surface area contributed by atoms with E-state index in [9.17, 15) is 9.90 Å². The number of anilines is 1. The van der Waals surface area contributed by atoms with Gasteiger partial charge in [-0.2, -0.15) is 0 Å². The van der Waals surface area contributed by atoms with E-state index in [1.807, 2.05) is 17.0 Å². The van der Waals surface area contributed by atoms with Gasteiger partial charge in [-0.3, -0.25) is 0 Å². The Morgan fingerprint density at radius 1 is 1.05 bits per heavy atom. The Balaban J connectivity index is 2.04. The molecular weight excluding hydrogens is 262 g/mol. The first-order valence-electron chi connectivity index (χ1n) is 6.00. The van der Waals surface area contributed by atoms with Gasteiger partial charge >= 0.3 is 5.97 Å². The van der Waals surface area contributed by atoms with Crippen LogP contribution in [0.15, 0.2) is 42.5 Å². The molecule has 19 heavy (non-hydrogen) atoms. The van der Waals surface area contributed by atoms with Crippen LogP contribution in [0.4, 0.5) is 5.69 Å². The van der Waals surface area contributed by atoms with E-state index in [-0.39, 0.29) is 5.56 Å². The number of nitrogens with zero attached hydrogens (tertiary/aromatic N) is 1. The molecule has 96 valence electrons. The molecule has 2 aromatic carbocycles. The third-order valence-electron chi connectivity index (χ3n) is 3.37. The minimum absolute atomic E-state index is 0.250. The average molecular weight is 274 g/mol. The number of fused-ring (bicyclic) bond motifs is 1. The quantitative estimate of drug-likeness (QED) is 0.909. The second-order valence-corrected chi connectivity index (χ2v) is 4.97. The van der Waals surface area contributed by atoms with Crippen molar-refractivity contribution < 1.29 is 9.90 Å². The number of para-hydroxylation sites is 1. The van der Waals surface area contributed by atoms with E-state index in [1.165, 1.54) is 11.1 Å². The van der Waals surface area contributed by atoms with Crippen LogP contribution in [0.25, 0.3) is 0 Å². The number of carboxylic acids is 1. The Hall–Kier alpha value is -2.00. The second-order valence-electron chi connectivity index (χ2n) is 4.57. The van der Waals surface area contributed by atoms with E-state index in [4.69, 9.17) is 11.6 Å². The highest BCUT2D eigenvalue weighted by atomic mass is 35.5. The first kappa shape index (κ1) is 12.1. The summed E-state index contributed by atoms with van der Waals surface area (Å²) in [4.78, 5) is 13.3. The first-order chi connectivity index (χ1) is 9.16. The monoisotopic (exact) mass is 273 g/mol. The molecule has 0 radical (unpaired) electrons. The number of hydrogen-bond acceptors (Lipinski definition) is 2. The van der Waals surface area contributed by atoms with Crippen LogP contribution in [-0.4, -0.2) is 11.1 Å². The normalized spacial score (nSPS) is 13.4. The Labute approximate surface area is 116 Å². The Kier molecular flexibility index (Phi) is 2.91. The van der Waals surface area contributed by atoms with Crippen molar-refractivity contribution in [3.8, 4) is 0 Å². The fourth-order valence-electron chi connectivity index (χ4n) is 2.50. The highest BCUT2D eigenvalue weighted by molar-refractivity contribution is 6.34. The largest absolute Gasteiger partial charge is 0.478 e. The van der Waals surface area contributed by atoms with E-state index < -0.39 is 5.97 Å². The van der Waals surface area contributed by atoms with Crippen molar-refractivity contribution in [2.45, 2.75) is 13.1 Å². The molecule has 0 aromatic heterocycles. The smallest absolute Gasteiger partial charge is 0.337 e. The fourth-order valence-corrected chi connectivity index (χ4v) is 2.79. The zero-order valence-electron chi connectivity index (χ0n) is 10.1. The molecule has 0 unspecified atom stereocenters. The van der Waals surface area contributed by atoms with Gasteiger partial charge < -0.3 is 10.0 Å². The summed E-state index contributed by atoms with van der Waals surface area (Å²) in [6, 6.07) is 13.1. The van der Waals surface area contributed by atoms with E-state index >= 15 is 0 Å². The number of halogens is 1. The molecule has 1 aliphatic heterocycles. The topological polar surface area (TPSA) is 40.5 Å². The lowest BCUT2D eigenvalue weighted by Crippen LogP contribution is -2.18. The molecule has 0 saturated heterocycles. The van der Waals surface area contributed by atoms with Crippen LogP contribution in [-0.2, 0) is 13.1 Å². The fraction of sp³-hybridized carbons (Fsp3) is 0.133. The molecule has 1 heterocycles. The predicted octanol–water partition coefficient (Wildman–Crippen LogP) is 3.56.